The summed E-state index contributed by atoms with van der Waals surface area (Å²) in [6.07, 6.45) is 15.0. The summed E-state index contributed by atoms with van der Waals surface area (Å²) in [7, 11) is 0. The number of rotatable bonds is 0. The van der Waals surface area contributed by atoms with Crippen molar-refractivity contribution >= 4 is 19.4 Å². The van der Waals surface area contributed by atoms with Crippen molar-refractivity contribution in [2.24, 2.45) is 0 Å². The Morgan fingerprint density at radius 2 is 0.739 bits per heavy atom. The summed E-state index contributed by atoms with van der Waals surface area (Å²) in [6.45, 7) is 19.8. The van der Waals surface area contributed by atoms with Crippen molar-refractivity contribution in [3.8, 4) is 0 Å². The van der Waals surface area contributed by atoms with Gasteiger partial charge < -0.3 is 29.4 Å². The van der Waals surface area contributed by atoms with Gasteiger partial charge in [-0.3, -0.25) is 6.79 Å². The summed E-state index contributed by atoms with van der Waals surface area (Å²) in [5.41, 5.74) is 0. The van der Waals surface area contributed by atoms with Crippen LogP contribution < -0.4 is 0 Å². The van der Waals surface area contributed by atoms with Crippen molar-refractivity contribution in [3.05, 3.63) is 31.9 Å². The SMILES string of the molecule is C1CCCC1.C1CCCC1.C=[C-][S-].[C-]#[O+].[C-]#[O+].[C-]#[O+].[CH-]=O.[Mo+3].[Mo]. The van der Waals surface area contributed by atoms with Crippen LogP contribution in [0, 0.1) is 25.4 Å². The summed E-state index contributed by atoms with van der Waals surface area (Å²) in [6, 6.07) is 0. The van der Waals surface area contributed by atoms with E-state index in [2.05, 4.69) is 51.4 Å². The largest absolute Gasteiger partial charge is 3.00 e. The fourth-order valence-electron chi connectivity index (χ4n) is 1.77. The standard InChI is InChI=1S/2C5H10.C2H2S.CHO.3CO.2Mo/c2*1-2-4-5-3-1;1-2-3;4*1-2;;/h2*1-5H2;1H2;1H;;;;;/q;;-2;-1;;;;;+3. The predicted octanol–water partition coefficient (Wildman–Crippen LogP) is 3.99. The zero-order valence-electron chi connectivity index (χ0n) is 13.2. The zero-order valence-corrected chi connectivity index (χ0v) is 18.0. The Labute approximate surface area is 175 Å². The molecule has 2 fully saturated rings. The molecule has 0 spiro atoms. The molecule has 0 aliphatic heterocycles. The topological polar surface area (TPSA) is 76.8 Å². The molecule has 2 rings (SSSR count). The van der Waals surface area contributed by atoms with Crippen LogP contribution in [0.1, 0.15) is 64.2 Å². The van der Waals surface area contributed by atoms with E-state index < -0.39 is 0 Å². The first kappa shape index (κ1) is 43.6. The van der Waals surface area contributed by atoms with Gasteiger partial charge in [-0.05, 0) is 0 Å². The van der Waals surface area contributed by atoms with E-state index >= 15 is 0 Å². The Bertz CT molecular complexity index is 174. The number of hydrogen-bond acceptors (Lipinski definition) is 2. The molecule has 1 radical (unpaired) electrons. The molecule has 7 heteroatoms. The zero-order chi connectivity index (χ0) is 17.8. The van der Waals surface area contributed by atoms with Gasteiger partial charge in [-0.2, -0.15) is 0 Å². The molecule has 0 aromatic heterocycles. The van der Waals surface area contributed by atoms with E-state index in [0.29, 0.717) is 0 Å². The molecule has 0 aromatic carbocycles. The maximum absolute atomic E-state index is 7.75. The van der Waals surface area contributed by atoms with Gasteiger partial charge in [0.2, 0.25) is 0 Å². The molecule has 0 heterocycles. The van der Waals surface area contributed by atoms with Gasteiger partial charge in [-0.15, -0.1) is 0 Å². The fraction of sp³-hybridized carbons (Fsp3) is 0.625. The molecule has 4 nitrogen and oxygen atoms in total. The van der Waals surface area contributed by atoms with Crippen molar-refractivity contribution in [1.82, 2.24) is 0 Å². The molecular weight excluding hydrogens is 480 g/mol. The Kier molecular flexibility index (Phi) is 151. The predicted molar refractivity (Wildman–Crippen MR) is 80.9 cm³/mol. The van der Waals surface area contributed by atoms with Crippen LogP contribution in [0.4, 0.5) is 0 Å². The molecule has 0 amide bonds. The second kappa shape index (κ2) is 79.5. The molecule has 0 unspecified atom stereocenters. The third-order valence-electron chi connectivity index (χ3n) is 2.50. The summed E-state index contributed by atoms with van der Waals surface area (Å²) in [5, 5.41) is 2.08. The number of hydrogen-bond donors (Lipinski definition) is 0. The van der Waals surface area contributed by atoms with Crippen LogP contribution in [0.3, 0.4) is 0 Å². The van der Waals surface area contributed by atoms with Gasteiger partial charge in [0.15, 0.2) is 0 Å². The Morgan fingerprint density at radius 3 is 0.783 bits per heavy atom. The Morgan fingerprint density at radius 1 is 0.696 bits per heavy atom. The maximum atomic E-state index is 7.75. The first-order chi connectivity index (χ1) is 10.4. The van der Waals surface area contributed by atoms with Crippen LogP contribution in [0.5, 0.6) is 0 Å². The van der Waals surface area contributed by atoms with Gasteiger partial charge in [0.05, 0.1) is 0 Å². The van der Waals surface area contributed by atoms with Crippen molar-refractivity contribution in [3.63, 3.8) is 0 Å². The molecule has 0 atom stereocenters. The van der Waals surface area contributed by atoms with Crippen LogP contribution in [0.25, 0.3) is 0 Å². The van der Waals surface area contributed by atoms with Crippen LogP contribution >= 0.6 is 0 Å². The fourth-order valence-corrected chi connectivity index (χ4v) is 1.77. The van der Waals surface area contributed by atoms with Crippen molar-refractivity contribution in [2.45, 2.75) is 64.2 Å². The van der Waals surface area contributed by atoms with Crippen LogP contribution in [0.2, 0.25) is 0 Å². The quantitative estimate of drug-likeness (QED) is 0.165. The van der Waals surface area contributed by atoms with Gasteiger partial charge in [-0.1, -0.05) is 64.2 Å². The van der Waals surface area contributed by atoms with E-state index in [1.54, 1.807) is 0 Å². The first-order valence-corrected chi connectivity index (χ1v) is 6.81. The second-order valence-electron chi connectivity index (χ2n) is 3.68. The summed E-state index contributed by atoms with van der Waals surface area (Å²) in [5.74, 6) is 0. The third-order valence-corrected chi connectivity index (χ3v) is 2.50. The van der Waals surface area contributed by atoms with E-state index in [1.165, 1.54) is 64.2 Å². The van der Waals surface area contributed by atoms with E-state index in [0.717, 1.165) is 0 Å². The van der Waals surface area contributed by atoms with E-state index in [1.807, 2.05) is 0 Å². The van der Waals surface area contributed by atoms with Gasteiger partial charge in [0, 0.05) is 21.1 Å². The minimum absolute atomic E-state index is 0. The average molecular weight is 503 g/mol. The normalized spacial score (nSPS) is 11.4. The van der Waals surface area contributed by atoms with E-state index in [-0.39, 0.29) is 42.1 Å². The molecule has 2 saturated carbocycles. The molecule has 0 N–H and O–H groups in total. The minimum atomic E-state index is 0. The van der Waals surface area contributed by atoms with Gasteiger partial charge in [-0.25, -0.2) is 0 Å². The van der Waals surface area contributed by atoms with Crippen LogP contribution in [-0.4, -0.2) is 6.79 Å². The van der Waals surface area contributed by atoms with E-state index in [9.17, 15) is 0 Å². The van der Waals surface area contributed by atoms with Gasteiger partial charge in [0.25, 0.3) is 0 Å². The Hall–Kier alpha value is 0.227. The van der Waals surface area contributed by atoms with Crippen molar-refractivity contribution in [1.29, 1.82) is 0 Å². The maximum Gasteiger partial charge on any atom is 3.00 e. The summed E-state index contributed by atoms with van der Waals surface area (Å²) in [4.78, 5) is 7.75. The van der Waals surface area contributed by atoms with Crippen LogP contribution in [0.15, 0.2) is 6.58 Å². The molecule has 0 aromatic rings. The first-order valence-electron chi connectivity index (χ1n) is 6.41. The second-order valence-corrected chi connectivity index (χ2v) is 3.97. The third kappa shape index (κ3) is 86.9. The molecule has 2 aliphatic carbocycles. The smallest absolute Gasteiger partial charge is 0.545 e. The molecular formula is C16H23Mo2O4S. The molecule has 2 aliphatic rings. The summed E-state index contributed by atoms with van der Waals surface area (Å²) < 4.78 is 22.5. The van der Waals surface area contributed by atoms with Gasteiger partial charge in [0.1, 0.15) is 0 Å². The monoisotopic (exact) mass is 507 g/mol. The van der Waals surface area contributed by atoms with E-state index in [4.69, 9.17) is 18.8 Å². The van der Waals surface area contributed by atoms with Crippen LogP contribution in [-0.2, 0) is 73.5 Å². The molecule has 23 heavy (non-hydrogen) atoms. The van der Waals surface area contributed by atoms with Crippen molar-refractivity contribution in [2.75, 3.05) is 0 Å². The van der Waals surface area contributed by atoms with Crippen molar-refractivity contribution < 1.29 is 60.9 Å². The average Bonchev–Trinajstić information content (AvgIpc) is 3.33. The molecule has 0 saturated heterocycles. The number of carbonyl (C=O) groups excluding carboxylic acids is 1. The molecule has 129 valence electrons. The molecule has 0 bridgehead atoms. The minimum Gasteiger partial charge on any atom is -0.545 e. The van der Waals surface area contributed by atoms with Gasteiger partial charge >= 0.3 is 55.0 Å². The summed E-state index contributed by atoms with van der Waals surface area (Å²) >= 11 is 4.03. The Balaban J connectivity index is -0.0000000271.